The van der Waals surface area contributed by atoms with E-state index in [4.69, 9.17) is 9.72 Å². The van der Waals surface area contributed by atoms with Crippen LogP contribution >= 0.6 is 15.9 Å². The number of aromatic nitrogens is 1. The molecule has 2 heterocycles. The Bertz CT molecular complexity index is 1610. The fourth-order valence-electron chi connectivity index (χ4n) is 6.42. The van der Waals surface area contributed by atoms with Crippen LogP contribution in [0.5, 0.6) is 5.88 Å². The van der Waals surface area contributed by atoms with Crippen molar-refractivity contribution in [2.75, 3.05) is 26.7 Å². The van der Waals surface area contributed by atoms with E-state index in [2.05, 4.69) is 87.6 Å². The lowest BCUT2D eigenvalue weighted by Crippen LogP contribution is -2.40. The number of hydrogen-bond acceptors (Lipinski definition) is 4. The van der Waals surface area contributed by atoms with Crippen molar-refractivity contribution in [2.24, 2.45) is 0 Å². The number of methoxy groups -OCH3 is 1. The standard InChI is InChI=1S/C35H35BrN2O2/c1-40-34-30(24-27-23-28(36)17-18-32(27)37-34)33(26-12-4-2-5-13-26)35(39,19-22-38-20-8-3-9-21-38)31-16-10-14-25-11-6-7-15-29(25)31/h2,4-7,10-18,23-24,33,39H,3,8-9,19-22H2,1H3. The zero-order chi connectivity index (χ0) is 27.5. The predicted octanol–water partition coefficient (Wildman–Crippen LogP) is 8.05. The molecule has 0 radical (unpaired) electrons. The summed E-state index contributed by atoms with van der Waals surface area (Å²) in [5.74, 6) is 0.135. The molecule has 6 rings (SSSR count). The highest BCUT2D eigenvalue weighted by Crippen LogP contribution is 2.49. The molecule has 1 aliphatic rings. The maximum Gasteiger partial charge on any atom is 0.217 e. The second-order valence-electron chi connectivity index (χ2n) is 10.9. The predicted molar refractivity (Wildman–Crippen MR) is 167 cm³/mol. The summed E-state index contributed by atoms with van der Waals surface area (Å²) in [6, 6.07) is 33.2. The van der Waals surface area contributed by atoms with Crippen LogP contribution in [0, 0.1) is 0 Å². The molecule has 1 N–H and O–H groups in total. The van der Waals surface area contributed by atoms with Crippen LogP contribution < -0.4 is 4.74 Å². The van der Waals surface area contributed by atoms with Gasteiger partial charge < -0.3 is 14.7 Å². The molecular formula is C35H35BrN2O2. The average Bonchev–Trinajstić information content (AvgIpc) is 3.00. The third-order valence-electron chi connectivity index (χ3n) is 8.40. The van der Waals surface area contributed by atoms with Gasteiger partial charge in [-0.3, -0.25) is 0 Å². The van der Waals surface area contributed by atoms with Gasteiger partial charge in [0.15, 0.2) is 0 Å². The summed E-state index contributed by atoms with van der Waals surface area (Å²) >= 11 is 3.63. The molecule has 0 spiro atoms. The first-order valence-corrected chi connectivity index (χ1v) is 15.0. The third-order valence-corrected chi connectivity index (χ3v) is 8.89. The maximum atomic E-state index is 13.3. The summed E-state index contributed by atoms with van der Waals surface area (Å²) < 4.78 is 6.94. The molecule has 4 nitrogen and oxygen atoms in total. The molecular weight excluding hydrogens is 560 g/mol. The lowest BCUT2D eigenvalue weighted by molar-refractivity contribution is 0.000274. The molecule has 1 saturated heterocycles. The normalized spacial score (nSPS) is 16.6. The number of piperidine rings is 1. The van der Waals surface area contributed by atoms with Crippen molar-refractivity contribution < 1.29 is 9.84 Å². The number of benzene rings is 4. The van der Waals surface area contributed by atoms with E-state index < -0.39 is 11.5 Å². The Morgan fingerprint density at radius 3 is 2.42 bits per heavy atom. The van der Waals surface area contributed by atoms with Crippen molar-refractivity contribution >= 4 is 37.6 Å². The Morgan fingerprint density at radius 1 is 0.875 bits per heavy atom. The monoisotopic (exact) mass is 594 g/mol. The molecule has 1 fully saturated rings. The maximum absolute atomic E-state index is 13.3. The van der Waals surface area contributed by atoms with Crippen molar-refractivity contribution in [3.63, 3.8) is 0 Å². The number of aliphatic hydroxyl groups is 1. The summed E-state index contributed by atoms with van der Waals surface area (Å²) in [4.78, 5) is 7.44. The Balaban J connectivity index is 1.60. The van der Waals surface area contributed by atoms with E-state index in [1.807, 2.05) is 30.3 Å². The Hall–Kier alpha value is -3.25. The molecule has 204 valence electrons. The summed E-state index contributed by atoms with van der Waals surface area (Å²) in [5, 5.41) is 16.5. The zero-order valence-corrected chi connectivity index (χ0v) is 24.5. The zero-order valence-electron chi connectivity index (χ0n) is 22.9. The topological polar surface area (TPSA) is 45.6 Å². The molecule has 1 aromatic heterocycles. The van der Waals surface area contributed by atoms with Gasteiger partial charge in [-0.25, -0.2) is 4.98 Å². The number of rotatable bonds is 8. The molecule has 5 aromatic rings. The molecule has 1 aliphatic heterocycles. The Kier molecular flexibility index (Phi) is 7.88. The van der Waals surface area contributed by atoms with Crippen LogP contribution in [-0.2, 0) is 5.60 Å². The minimum atomic E-state index is -1.23. The fourth-order valence-corrected chi connectivity index (χ4v) is 6.80. The lowest BCUT2D eigenvalue weighted by Gasteiger charge is -2.40. The van der Waals surface area contributed by atoms with E-state index in [1.165, 1.54) is 19.3 Å². The number of ether oxygens (including phenoxy) is 1. The SMILES string of the molecule is COc1nc2ccc(Br)cc2cc1C(c1ccccc1)C(O)(CCN1CCCCC1)c1cccc2ccccc12. The molecule has 5 heteroatoms. The van der Waals surface area contributed by atoms with Crippen LogP contribution in [-0.4, -0.2) is 41.7 Å². The Morgan fingerprint density at radius 2 is 1.62 bits per heavy atom. The van der Waals surface area contributed by atoms with Crippen LogP contribution in [0.4, 0.5) is 0 Å². The van der Waals surface area contributed by atoms with E-state index in [1.54, 1.807) is 7.11 Å². The van der Waals surface area contributed by atoms with E-state index in [0.717, 1.165) is 62.5 Å². The van der Waals surface area contributed by atoms with E-state index in [-0.39, 0.29) is 0 Å². The highest BCUT2D eigenvalue weighted by molar-refractivity contribution is 9.10. The molecule has 0 saturated carbocycles. The molecule has 0 amide bonds. The smallest absolute Gasteiger partial charge is 0.217 e. The van der Waals surface area contributed by atoms with Crippen molar-refractivity contribution in [3.8, 4) is 5.88 Å². The largest absolute Gasteiger partial charge is 0.481 e. The summed E-state index contributed by atoms with van der Waals surface area (Å²) in [6.07, 6.45) is 4.30. The molecule has 4 aromatic carbocycles. The number of halogens is 1. The highest BCUT2D eigenvalue weighted by Gasteiger charge is 2.43. The van der Waals surface area contributed by atoms with Gasteiger partial charge in [0, 0.05) is 27.9 Å². The van der Waals surface area contributed by atoms with Gasteiger partial charge in [0.2, 0.25) is 5.88 Å². The van der Waals surface area contributed by atoms with E-state index in [0.29, 0.717) is 12.3 Å². The number of pyridine rings is 1. The van der Waals surface area contributed by atoms with E-state index in [9.17, 15) is 5.11 Å². The van der Waals surface area contributed by atoms with Gasteiger partial charge in [0.05, 0.1) is 12.6 Å². The van der Waals surface area contributed by atoms with Crippen molar-refractivity contribution in [1.82, 2.24) is 9.88 Å². The molecule has 2 unspecified atom stereocenters. The van der Waals surface area contributed by atoms with Crippen LogP contribution in [0.1, 0.15) is 48.3 Å². The molecule has 0 bridgehead atoms. The first-order chi connectivity index (χ1) is 19.6. The number of nitrogens with zero attached hydrogens (tertiary/aromatic N) is 2. The van der Waals surface area contributed by atoms with Gasteiger partial charge in [-0.1, -0.05) is 95.1 Å². The first kappa shape index (κ1) is 26.9. The molecule has 0 aliphatic carbocycles. The van der Waals surface area contributed by atoms with Crippen molar-refractivity contribution in [2.45, 2.75) is 37.2 Å². The highest BCUT2D eigenvalue weighted by atomic mass is 79.9. The van der Waals surface area contributed by atoms with E-state index >= 15 is 0 Å². The fraction of sp³-hybridized carbons (Fsp3) is 0.286. The minimum absolute atomic E-state index is 0.407. The van der Waals surface area contributed by atoms with Gasteiger partial charge in [-0.15, -0.1) is 0 Å². The van der Waals surface area contributed by atoms with Gasteiger partial charge >= 0.3 is 0 Å². The summed E-state index contributed by atoms with van der Waals surface area (Å²) in [5.41, 5.74) is 2.48. The second-order valence-corrected chi connectivity index (χ2v) is 11.8. The lowest BCUT2D eigenvalue weighted by atomic mass is 9.70. The number of hydrogen-bond donors (Lipinski definition) is 1. The van der Waals surface area contributed by atoms with Crippen molar-refractivity contribution in [1.29, 1.82) is 0 Å². The average molecular weight is 596 g/mol. The van der Waals surface area contributed by atoms with Gasteiger partial charge in [0.25, 0.3) is 0 Å². The third kappa shape index (κ3) is 5.26. The van der Waals surface area contributed by atoms with Crippen LogP contribution in [0.25, 0.3) is 21.7 Å². The molecule has 40 heavy (non-hydrogen) atoms. The Labute approximate surface area is 244 Å². The quantitative estimate of drug-likeness (QED) is 0.197. The number of likely N-dealkylation sites (tertiary alicyclic amines) is 1. The van der Waals surface area contributed by atoms with Crippen molar-refractivity contribution in [3.05, 3.63) is 118 Å². The van der Waals surface area contributed by atoms with Gasteiger partial charge in [0.1, 0.15) is 5.60 Å². The van der Waals surface area contributed by atoms with Crippen LogP contribution in [0.2, 0.25) is 0 Å². The van der Waals surface area contributed by atoms with Gasteiger partial charge in [-0.2, -0.15) is 0 Å². The van der Waals surface area contributed by atoms with Crippen LogP contribution in [0.15, 0.2) is 102 Å². The van der Waals surface area contributed by atoms with Crippen LogP contribution in [0.3, 0.4) is 0 Å². The molecule has 2 atom stereocenters. The first-order valence-electron chi connectivity index (χ1n) is 14.2. The summed E-state index contributed by atoms with van der Waals surface area (Å²) in [7, 11) is 1.67. The number of fused-ring (bicyclic) bond motifs is 2. The minimum Gasteiger partial charge on any atom is -0.481 e. The summed E-state index contributed by atoms with van der Waals surface area (Å²) in [6.45, 7) is 2.98. The van der Waals surface area contributed by atoms with Gasteiger partial charge in [-0.05, 0) is 78.5 Å². The second kappa shape index (κ2) is 11.7.